The molecule has 5 rings (SSSR count). The molecule has 4 unspecified atom stereocenters. The van der Waals surface area contributed by atoms with E-state index in [0.717, 1.165) is 24.8 Å². The summed E-state index contributed by atoms with van der Waals surface area (Å²) in [5.41, 5.74) is 0.907. The van der Waals surface area contributed by atoms with Gasteiger partial charge in [0.15, 0.2) is 5.96 Å². The number of imide groups is 1. The van der Waals surface area contributed by atoms with Crippen LogP contribution < -0.4 is 10.6 Å². The van der Waals surface area contributed by atoms with Gasteiger partial charge in [-0.2, -0.15) is 0 Å². The fourth-order valence-electron chi connectivity index (χ4n) is 5.55. The number of halogens is 1. The minimum absolute atomic E-state index is 0.0152. The lowest BCUT2D eigenvalue weighted by Gasteiger charge is -2.19. The Hall–Kier alpha value is -2.70. The molecule has 6 nitrogen and oxygen atoms in total. The summed E-state index contributed by atoms with van der Waals surface area (Å²) >= 11 is 0. The first kappa shape index (κ1) is 20.2. The molecular formula is C24H29FN4O2. The third-order valence-corrected chi connectivity index (χ3v) is 7.36. The Morgan fingerprint density at radius 2 is 1.87 bits per heavy atom. The molecule has 2 N–H and O–H groups in total. The van der Waals surface area contributed by atoms with Gasteiger partial charge in [0, 0.05) is 25.0 Å². The summed E-state index contributed by atoms with van der Waals surface area (Å²) in [6.07, 6.45) is 7.16. The number of benzene rings is 1. The lowest BCUT2D eigenvalue weighted by Crippen LogP contribution is -2.44. The zero-order valence-corrected chi connectivity index (χ0v) is 17.8. The summed E-state index contributed by atoms with van der Waals surface area (Å²) in [5.74, 6) is 0.590. The summed E-state index contributed by atoms with van der Waals surface area (Å²) < 4.78 is 13.6. The van der Waals surface area contributed by atoms with Gasteiger partial charge < -0.3 is 10.6 Å². The Balaban J connectivity index is 1.19. The maximum absolute atomic E-state index is 13.6. The van der Waals surface area contributed by atoms with Crippen LogP contribution in [0.15, 0.2) is 41.4 Å². The molecule has 1 aromatic rings. The minimum Gasteiger partial charge on any atom is -0.357 e. The average Bonchev–Trinajstić information content (AvgIpc) is 3.15. The van der Waals surface area contributed by atoms with E-state index in [4.69, 9.17) is 4.99 Å². The van der Waals surface area contributed by atoms with Gasteiger partial charge in [-0.25, -0.2) is 4.39 Å². The zero-order valence-electron chi connectivity index (χ0n) is 17.8. The molecule has 3 aliphatic carbocycles. The summed E-state index contributed by atoms with van der Waals surface area (Å²) in [6, 6.07) is 6.78. The first-order chi connectivity index (χ1) is 15.0. The number of allylic oxidation sites excluding steroid dienone is 2. The third kappa shape index (κ3) is 3.54. The van der Waals surface area contributed by atoms with Crippen LogP contribution in [0.2, 0.25) is 0 Å². The van der Waals surface area contributed by atoms with E-state index in [0.29, 0.717) is 32.1 Å². The van der Waals surface area contributed by atoms with E-state index in [-0.39, 0.29) is 46.7 Å². The predicted molar refractivity (Wildman–Crippen MR) is 116 cm³/mol. The van der Waals surface area contributed by atoms with Gasteiger partial charge in [-0.1, -0.05) is 24.3 Å². The summed E-state index contributed by atoms with van der Waals surface area (Å²) in [7, 11) is 0. The third-order valence-electron chi connectivity index (χ3n) is 7.36. The highest BCUT2D eigenvalue weighted by atomic mass is 19.1. The van der Waals surface area contributed by atoms with Crippen LogP contribution in [0.1, 0.15) is 31.7 Å². The molecule has 31 heavy (non-hydrogen) atoms. The van der Waals surface area contributed by atoms with Gasteiger partial charge in [0.25, 0.3) is 0 Å². The van der Waals surface area contributed by atoms with Crippen LogP contribution >= 0.6 is 0 Å². The number of guanidine groups is 1. The number of hydrogen-bond acceptors (Lipinski definition) is 3. The van der Waals surface area contributed by atoms with Crippen molar-refractivity contribution in [2.24, 2.45) is 28.7 Å². The van der Waals surface area contributed by atoms with Crippen molar-refractivity contribution in [3.05, 3.63) is 47.8 Å². The second kappa shape index (κ2) is 7.77. The molecule has 0 radical (unpaired) electrons. The van der Waals surface area contributed by atoms with E-state index in [1.54, 1.807) is 12.1 Å². The Morgan fingerprint density at radius 1 is 1.16 bits per heavy atom. The van der Waals surface area contributed by atoms with Crippen LogP contribution in [0.4, 0.5) is 4.39 Å². The molecule has 164 valence electrons. The van der Waals surface area contributed by atoms with Gasteiger partial charge in [-0.15, -0.1) is 0 Å². The number of fused-ring (bicyclic) bond motifs is 5. The molecule has 2 bridgehead atoms. The molecule has 4 atom stereocenters. The van der Waals surface area contributed by atoms with Crippen LogP contribution in [0, 0.1) is 29.5 Å². The molecule has 0 spiro atoms. The number of aliphatic imine (C=N–C) groups is 1. The Kier molecular flexibility index (Phi) is 5.07. The maximum Gasteiger partial charge on any atom is 0.233 e. The van der Waals surface area contributed by atoms with Crippen molar-refractivity contribution in [3.8, 4) is 0 Å². The Bertz CT molecular complexity index is 925. The Morgan fingerprint density at radius 3 is 2.48 bits per heavy atom. The highest BCUT2D eigenvalue weighted by Gasteiger charge is 2.58. The van der Waals surface area contributed by atoms with Crippen molar-refractivity contribution in [2.75, 3.05) is 26.2 Å². The summed E-state index contributed by atoms with van der Waals surface area (Å²) in [5, 5.41) is 6.48. The fourth-order valence-corrected chi connectivity index (χ4v) is 5.55. The number of nitrogens with zero attached hydrogens (tertiary/aromatic N) is 2. The molecular weight excluding hydrogens is 395 g/mol. The lowest BCUT2D eigenvalue weighted by molar-refractivity contribution is -0.140. The van der Waals surface area contributed by atoms with Crippen LogP contribution in [-0.2, 0) is 15.0 Å². The average molecular weight is 425 g/mol. The lowest BCUT2D eigenvalue weighted by atomic mass is 9.85. The maximum atomic E-state index is 13.6. The van der Waals surface area contributed by atoms with Crippen LogP contribution in [0.25, 0.3) is 0 Å². The van der Waals surface area contributed by atoms with E-state index in [1.807, 2.05) is 13.0 Å². The van der Waals surface area contributed by atoms with Crippen molar-refractivity contribution in [2.45, 2.75) is 31.6 Å². The van der Waals surface area contributed by atoms with Crippen molar-refractivity contribution in [1.29, 1.82) is 0 Å². The molecule has 0 aromatic heterocycles. The molecule has 1 heterocycles. The van der Waals surface area contributed by atoms with E-state index in [9.17, 15) is 14.0 Å². The second-order valence-electron chi connectivity index (χ2n) is 9.24. The molecule has 2 amide bonds. The SMILES string of the molecule is CCNC(=NCC1(c2cccc(F)c2)CC1)NCCN1C(=O)C2C3C=CC(C3)C2C1=O. The molecule has 1 saturated heterocycles. The standard InChI is InChI=1S/C24H29FN4O2/c1-2-26-23(28-14-24(8-9-24)17-4-3-5-18(25)13-17)27-10-11-29-21(30)19-15-6-7-16(12-15)20(19)22(29)31/h3-7,13,15-16,19-20H,2,8-12,14H2,1H3,(H2,26,27,28). The van der Waals surface area contributed by atoms with Crippen LogP contribution in [0.5, 0.6) is 0 Å². The van der Waals surface area contributed by atoms with Gasteiger partial charge in [0.2, 0.25) is 11.8 Å². The van der Waals surface area contributed by atoms with Gasteiger partial charge in [0.05, 0.1) is 18.4 Å². The monoisotopic (exact) mass is 424 g/mol. The van der Waals surface area contributed by atoms with Crippen LogP contribution in [0.3, 0.4) is 0 Å². The van der Waals surface area contributed by atoms with E-state index in [2.05, 4.69) is 22.8 Å². The molecule has 1 aromatic carbocycles. The first-order valence-corrected chi connectivity index (χ1v) is 11.3. The highest BCUT2D eigenvalue weighted by molar-refractivity contribution is 6.06. The number of rotatable bonds is 7. The summed E-state index contributed by atoms with van der Waals surface area (Å²) in [6.45, 7) is 4.09. The van der Waals surface area contributed by atoms with E-state index < -0.39 is 0 Å². The highest BCUT2D eigenvalue weighted by Crippen LogP contribution is 2.52. The van der Waals surface area contributed by atoms with Gasteiger partial charge in [0.1, 0.15) is 5.82 Å². The van der Waals surface area contributed by atoms with Crippen LogP contribution in [-0.4, -0.2) is 48.9 Å². The summed E-state index contributed by atoms with van der Waals surface area (Å²) in [4.78, 5) is 31.8. The van der Waals surface area contributed by atoms with Gasteiger partial charge in [-0.3, -0.25) is 19.5 Å². The number of carbonyl (C=O) groups is 2. The van der Waals surface area contributed by atoms with E-state index >= 15 is 0 Å². The van der Waals surface area contributed by atoms with Gasteiger partial charge in [-0.05, 0) is 55.7 Å². The van der Waals surface area contributed by atoms with Crippen molar-refractivity contribution >= 4 is 17.8 Å². The quantitative estimate of drug-likeness (QED) is 0.305. The topological polar surface area (TPSA) is 73.8 Å². The number of amides is 2. The first-order valence-electron chi connectivity index (χ1n) is 11.3. The Labute approximate surface area is 182 Å². The van der Waals surface area contributed by atoms with Crippen molar-refractivity contribution < 1.29 is 14.0 Å². The molecule has 4 aliphatic rings. The van der Waals surface area contributed by atoms with Crippen molar-refractivity contribution in [3.63, 3.8) is 0 Å². The molecule has 3 fully saturated rings. The number of likely N-dealkylation sites (tertiary alicyclic amines) is 1. The van der Waals surface area contributed by atoms with E-state index in [1.165, 1.54) is 11.0 Å². The molecule has 2 saturated carbocycles. The minimum atomic E-state index is -0.217. The number of hydrogen-bond donors (Lipinski definition) is 2. The normalized spacial score (nSPS) is 30.1. The predicted octanol–water partition coefficient (Wildman–Crippen LogP) is 2.22. The largest absolute Gasteiger partial charge is 0.357 e. The number of carbonyl (C=O) groups excluding carboxylic acids is 2. The number of nitrogens with one attached hydrogen (secondary N) is 2. The molecule has 1 aliphatic heterocycles. The zero-order chi connectivity index (χ0) is 21.6. The van der Waals surface area contributed by atoms with Gasteiger partial charge >= 0.3 is 0 Å². The molecule has 7 heteroatoms. The second-order valence-corrected chi connectivity index (χ2v) is 9.24. The van der Waals surface area contributed by atoms with Crippen molar-refractivity contribution in [1.82, 2.24) is 15.5 Å². The fraction of sp³-hybridized carbons (Fsp3) is 0.542. The smallest absolute Gasteiger partial charge is 0.233 e.